The first kappa shape index (κ1) is 12.7. The fraction of sp³-hybridized carbons (Fsp3) is 0.417. The van der Waals surface area contributed by atoms with Crippen LogP contribution in [0.4, 0.5) is 18.9 Å². The van der Waals surface area contributed by atoms with Gasteiger partial charge < -0.3 is 10.0 Å². The Morgan fingerprint density at radius 1 is 1.39 bits per heavy atom. The van der Waals surface area contributed by atoms with Crippen LogP contribution in [0.5, 0.6) is 0 Å². The van der Waals surface area contributed by atoms with Crippen LogP contribution in [0.3, 0.4) is 0 Å². The lowest BCUT2D eigenvalue weighted by Crippen LogP contribution is -2.47. The van der Waals surface area contributed by atoms with Gasteiger partial charge in [-0.15, -0.1) is 0 Å². The molecule has 0 unspecified atom stereocenters. The molecular weight excluding hydrogens is 247 g/mol. The predicted molar refractivity (Wildman–Crippen MR) is 59.4 cm³/mol. The Labute approximate surface area is 102 Å². The van der Waals surface area contributed by atoms with Crippen LogP contribution in [0, 0.1) is 5.92 Å². The van der Waals surface area contributed by atoms with E-state index >= 15 is 0 Å². The molecule has 0 amide bonds. The van der Waals surface area contributed by atoms with Crippen LogP contribution in [-0.2, 0) is 11.0 Å². The van der Waals surface area contributed by atoms with Crippen LogP contribution in [-0.4, -0.2) is 24.2 Å². The molecule has 18 heavy (non-hydrogen) atoms. The molecule has 0 atom stereocenters. The minimum absolute atomic E-state index is 0.0250. The molecule has 1 aliphatic heterocycles. The van der Waals surface area contributed by atoms with Crippen LogP contribution in [0.2, 0.25) is 0 Å². The molecule has 0 aromatic heterocycles. The van der Waals surface area contributed by atoms with E-state index in [-0.39, 0.29) is 12.3 Å². The summed E-state index contributed by atoms with van der Waals surface area (Å²) in [7, 11) is 0. The first-order valence-corrected chi connectivity index (χ1v) is 5.50. The molecule has 0 spiro atoms. The van der Waals surface area contributed by atoms with Crippen LogP contribution in [0.25, 0.3) is 0 Å². The molecule has 0 saturated carbocycles. The van der Waals surface area contributed by atoms with E-state index in [1.807, 2.05) is 0 Å². The molecule has 6 heteroatoms. The maximum atomic E-state index is 12.5. The average molecular weight is 259 g/mol. The number of hydrogen-bond donors (Lipinski definition) is 1. The van der Waals surface area contributed by atoms with Gasteiger partial charge in [-0.1, -0.05) is 6.07 Å². The van der Waals surface area contributed by atoms with Crippen molar-refractivity contribution in [2.24, 2.45) is 5.92 Å². The standard InChI is InChI=1S/C12H12F3NO2/c13-12(14,15)9-2-1-3-10(5-9)16-6-8(7-16)4-11(17)18/h1-3,5,8H,4,6-7H2,(H,17,18). The van der Waals surface area contributed by atoms with E-state index in [9.17, 15) is 18.0 Å². The molecule has 1 heterocycles. The molecule has 0 bridgehead atoms. The largest absolute Gasteiger partial charge is 0.481 e. The SMILES string of the molecule is O=C(O)CC1CN(c2cccc(C(F)(F)F)c2)C1. The number of carboxylic acid groups (broad SMARTS) is 1. The fourth-order valence-corrected chi connectivity index (χ4v) is 2.04. The van der Waals surface area contributed by atoms with E-state index in [0.717, 1.165) is 12.1 Å². The zero-order chi connectivity index (χ0) is 13.3. The molecule has 1 aliphatic rings. The van der Waals surface area contributed by atoms with Crippen molar-refractivity contribution >= 4 is 11.7 Å². The Balaban J connectivity index is 2.02. The maximum absolute atomic E-state index is 12.5. The number of hydrogen-bond acceptors (Lipinski definition) is 2. The van der Waals surface area contributed by atoms with Gasteiger partial charge in [-0.25, -0.2) is 0 Å². The Bertz CT molecular complexity index is 453. The summed E-state index contributed by atoms with van der Waals surface area (Å²) in [6.07, 6.45) is -4.28. The summed E-state index contributed by atoms with van der Waals surface area (Å²) >= 11 is 0. The molecule has 2 rings (SSSR count). The zero-order valence-corrected chi connectivity index (χ0v) is 9.44. The summed E-state index contributed by atoms with van der Waals surface area (Å²) in [4.78, 5) is 12.2. The van der Waals surface area contributed by atoms with Gasteiger partial charge in [0, 0.05) is 24.7 Å². The Hall–Kier alpha value is -1.72. The Morgan fingerprint density at radius 3 is 2.61 bits per heavy atom. The van der Waals surface area contributed by atoms with Gasteiger partial charge in [0.1, 0.15) is 0 Å². The summed E-state index contributed by atoms with van der Waals surface area (Å²) in [6.45, 7) is 0.987. The lowest BCUT2D eigenvalue weighted by atomic mass is 9.95. The van der Waals surface area contributed by atoms with Crippen LogP contribution in [0.15, 0.2) is 24.3 Å². The van der Waals surface area contributed by atoms with Gasteiger partial charge >= 0.3 is 12.1 Å². The number of carboxylic acids is 1. The number of benzene rings is 1. The van der Waals surface area contributed by atoms with E-state index in [4.69, 9.17) is 5.11 Å². The third-order valence-electron chi connectivity index (χ3n) is 2.96. The van der Waals surface area contributed by atoms with Crippen molar-refractivity contribution in [3.63, 3.8) is 0 Å². The topological polar surface area (TPSA) is 40.5 Å². The Kier molecular flexibility index (Phi) is 3.19. The highest BCUT2D eigenvalue weighted by Gasteiger charge is 2.33. The van der Waals surface area contributed by atoms with Crippen LogP contribution >= 0.6 is 0 Å². The molecule has 1 aromatic rings. The van der Waals surface area contributed by atoms with Crippen molar-refractivity contribution in [1.29, 1.82) is 0 Å². The van der Waals surface area contributed by atoms with Crippen molar-refractivity contribution < 1.29 is 23.1 Å². The van der Waals surface area contributed by atoms with Crippen molar-refractivity contribution in [3.05, 3.63) is 29.8 Å². The summed E-state index contributed by atoms with van der Waals surface area (Å²) in [5.41, 5.74) is -0.187. The van der Waals surface area contributed by atoms with Gasteiger partial charge in [0.25, 0.3) is 0 Å². The molecule has 1 aromatic carbocycles. The van der Waals surface area contributed by atoms with Gasteiger partial charge in [0.05, 0.1) is 12.0 Å². The van der Waals surface area contributed by atoms with Gasteiger partial charge in [-0.05, 0) is 18.2 Å². The maximum Gasteiger partial charge on any atom is 0.416 e. The van der Waals surface area contributed by atoms with Gasteiger partial charge in [0.2, 0.25) is 0 Å². The van der Waals surface area contributed by atoms with Crippen molar-refractivity contribution in [3.8, 4) is 0 Å². The third kappa shape index (κ3) is 2.75. The molecule has 3 nitrogen and oxygen atoms in total. The molecule has 1 fully saturated rings. The van der Waals surface area contributed by atoms with E-state index in [1.165, 1.54) is 6.07 Å². The molecular formula is C12H12F3NO2. The van der Waals surface area contributed by atoms with Crippen molar-refractivity contribution in [2.45, 2.75) is 12.6 Å². The highest BCUT2D eigenvalue weighted by atomic mass is 19.4. The summed E-state index contributed by atoms with van der Waals surface area (Å²) in [6, 6.07) is 5.09. The fourth-order valence-electron chi connectivity index (χ4n) is 2.04. The van der Waals surface area contributed by atoms with Gasteiger partial charge in [-0.2, -0.15) is 13.2 Å². The monoisotopic (exact) mass is 259 g/mol. The second-order valence-electron chi connectivity index (χ2n) is 4.42. The smallest absolute Gasteiger partial charge is 0.416 e. The first-order valence-electron chi connectivity index (χ1n) is 5.50. The van der Waals surface area contributed by atoms with Crippen LogP contribution < -0.4 is 4.90 Å². The number of nitrogens with zero attached hydrogens (tertiary/aromatic N) is 1. The zero-order valence-electron chi connectivity index (χ0n) is 9.44. The minimum Gasteiger partial charge on any atom is -0.481 e. The third-order valence-corrected chi connectivity index (χ3v) is 2.96. The van der Waals surface area contributed by atoms with Crippen LogP contribution in [0.1, 0.15) is 12.0 Å². The molecule has 1 N–H and O–H groups in total. The molecule has 1 saturated heterocycles. The molecule has 0 aliphatic carbocycles. The highest BCUT2D eigenvalue weighted by Crippen LogP contribution is 2.33. The van der Waals surface area contributed by atoms with E-state index < -0.39 is 17.7 Å². The van der Waals surface area contributed by atoms with E-state index in [0.29, 0.717) is 18.8 Å². The van der Waals surface area contributed by atoms with E-state index in [1.54, 1.807) is 11.0 Å². The summed E-state index contributed by atoms with van der Waals surface area (Å²) in [5, 5.41) is 8.59. The first-order chi connectivity index (χ1) is 8.36. The minimum atomic E-state index is -4.35. The van der Waals surface area contributed by atoms with Crippen molar-refractivity contribution in [2.75, 3.05) is 18.0 Å². The number of alkyl halides is 3. The van der Waals surface area contributed by atoms with E-state index in [2.05, 4.69) is 0 Å². The predicted octanol–water partition coefficient (Wildman–Crippen LogP) is 2.62. The normalized spacial score (nSPS) is 16.5. The van der Waals surface area contributed by atoms with Crippen molar-refractivity contribution in [1.82, 2.24) is 0 Å². The quantitative estimate of drug-likeness (QED) is 0.907. The molecule has 98 valence electrons. The lowest BCUT2D eigenvalue weighted by Gasteiger charge is -2.40. The summed E-state index contributed by atoms with van der Waals surface area (Å²) in [5.74, 6) is -0.847. The highest BCUT2D eigenvalue weighted by molar-refractivity contribution is 5.68. The number of aliphatic carboxylic acids is 1. The second-order valence-corrected chi connectivity index (χ2v) is 4.42. The van der Waals surface area contributed by atoms with Gasteiger partial charge in [0.15, 0.2) is 0 Å². The molecule has 0 radical (unpaired) electrons. The number of halogens is 3. The number of rotatable bonds is 3. The second kappa shape index (κ2) is 4.51. The average Bonchev–Trinajstić information content (AvgIpc) is 2.21. The lowest BCUT2D eigenvalue weighted by molar-refractivity contribution is -0.138. The Morgan fingerprint density at radius 2 is 2.06 bits per heavy atom. The number of carbonyl (C=O) groups is 1. The number of anilines is 1. The summed E-state index contributed by atoms with van der Waals surface area (Å²) < 4.78 is 37.5. The van der Waals surface area contributed by atoms with Gasteiger partial charge in [-0.3, -0.25) is 4.79 Å².